The zero-order valence-corrected chi connectivity index (χ0v) is 12.1. The predicted octanol–water partition coefficient (Wildman–Crippen LogP) is 5.27. The summed E-state index contributed by atoms with van der Waals surface area (Å²) in [7, 11) is 0. The lowest BCUT2D eigenvalue weighted by molar-refractivity contribution is -0.384. The van der Waals surface area contributed by atoms with Crippen LogP contribution >= 0.6 is 46.4 Å². The molecule has 98 valence electrons. The predicted molar refractivity (Wildman–Crippen MR) is 76.4 cm³/mol. The summed E-state index contributed by atoms with van der Waals surface area (Å²) in [6.45, 7) is 0. The van der Waals surface area contributed by atoms with Crippen LogP contribution < -0.4 is 0 Å². The number of nitrogens with zero attached hydrogens (tertiary/aromatic N) is 2. The number of benzene rings is 1. The molecule has 4 nitrogen and oxygen atoms in total. The molecule has 0 radical (unpaired) electrons. The minimum Gasteiger partial charge on any atom is -0.258 e. The molecule has 0 aliphatic heterocycles. The second-order valence-electron chi connectivity index (χ2n) is 3.53. The molecule has 0 aliphatic rings. The van der Waals surface area contributed by atoms with E-state index in [-0.39, 0.29) is 32.0 Å². The number of aromatic nitrogens is 1. The van der Waals surface area contributed by atoms with Gasteiger partial charge in [-0.15, -0.1) is 0 Å². The summed E-state index contributed by atoms with van der Waals surface area (Å²) in [6, 6.07) is 4.09. The Labute approximate surface area is 128 Å². The first-order chi connectivity index (χ1) is 8.90. The molecule has 2 aromatic rings. The minimum atomic E-state index is -0.598. The van der Waals surface area contributed by atoms with Crippen molar-refractivity contribution in [3.8, 4) is 11.3 Å². The minimum absolute atomic E-state index is 0.0591. The third-order valence-electron chi connectivity index (χ3n) is 2.28. The van der Waals surface area contributed by atoms with Crippen LogP contribution in [0.15, 0.2) is 24.4 Å². The molecule has 0 aliphatic carbocycles. The third-order valence-corrected chi connectivity index (χ3v) is 3.51. The molecule has 0 unspecified atom stereocenters. The van der Waals surface area contributed by atoms with Gasteiger partial charge >= 0.3 is 0 Å². The highest BCUT2D eigenvalue weighted by Crippen LogP contribution is 2.39. The van der Waals surface area contributed by atoms with Gasteiger partial charge < -0.3 is 0 Å². The Balaban J connectivity index is 2.75. The molecule has 0 fully saturated rings. The molecule has 1 aromatic carbocycles. The largest absolute Gasteiger partial charge is 0.297 e. The van der Waals surface area contributed by atoms with Gasteiger partial charge in [0.1, 0.15) is 5.69 Å². The van der Waals surface area contributed by atoms with E-state index in [0.29, 0.717) is 5.02 Å². The normalized spacial score (nSPS) is 10.5. The molecule has 0 saturated heterocycles. The highest BCUT2D eigenvalue weighted by Gasteiger charge is 2.21. The first-order valence-corrected chi connectivity index (χ1v) is 6.36. The molecule has 2 rings (SSSR count). The van der Waals surface area contributed by atoms with Crippen molar-refractivity contribution in [3.63, 3.8) is 0 Å². The fourth-order valence-corrected chi connectivity index (χ4v) is 2.35. The van der Waals surface area contributed by atoms with Gasteiger partial charge in [-0.1, -0.05) is 46.4 Å². The van der Waals surface area contributed by atoms with E-state index >= 15 is 0 Å². The van der Waals surface area contributed by atoms with E-state index in [1.165, 1.54) is 24.4 Å². The van der Waals surface area contributed by atoms with Crippen molar-refractivity contribution in [1.82, 2.24) is 4.98 Å². The van der Waals surface area contributed by atoms with Gasteiger partial charge in [0.15, 0.2) is 0 Å². The van der Waals surface area contributed by atoms with Crippen LogP contribution in [-0.4, -0.2) is 9.91 Å². The Hall–Kier alpha value is -1.07. The molecule has 0 saturated carbocycles. The fourth-order valence-electron chi connectivity index (χ4n) is 1.50. The van der Waals surface area contributed by atoms with Crippen molar-refractivity contribution >= 4 is 52.1 Å². The number of nitro groups is 1. The Kier molecular flexibility index (Phi) is 4.16. The number of halogens is 4. The van der Waals surface area contributed by atoms with Gasteiger partial charge in [-0.2, -0.15) is 0 Å². The van der Waals surface area contributed by atoms with Crippen molar-refractivity contribution < 1.29 is 4.92 Å². The molecule has 0 atom stereocenters. The smallest absolute Gasteiger partial charge is 0.258 e. The fraction of sp³-hybridized carbons (Fsp3) is 0. The van der Waals surface area contributed by atoms with Crippen LogP contribution in [0.3, 0.4) is 0 Å². The highest BCUT2D eigenvalue weighted by atomic mass is 35.5. The first kappa shape index (κ1) is 14.3. The molecular weight excluding hydrogens is 334 g/mol. The summed E-state index contributed by atoms with van der Waals surface area (Å²) < 4.78 is 0. The topological polar surface area (TPSA) is 56.0 Å². The average molecular weight is 338 g/mol. The van der Waals surface area contributed by atoms with E-state index in [4.69, 9.17) is 46.4 Å². The maximum absolute atomic E-state index is 11.0. The Morgan fingerprint density at radius 1 is 1.05 bits per heavy atom. The Bertz CT molecular complexity index is 676. The van der Waals surface area contributed by atoms with Crippen LogP contribution in [0.1, 0.15) is 0 Å². The first-order valence-electron chi connectivity index (χ1n) is 4.85. The zero-order valence-electron chi connectivity index (χ0n) is 9.03. The second kappa shape index (κ2) is 5.51. The summed E-state index contributed by atoms with van der Waals surface area (Å²) in [5.41, 5.74) is 0.0686. The van der Waals surface area contributed by atoms with Crippen molar-refractivity contribution in [1.29, 1.82) is 0 Å². The average Bonchev–Trinajstić information content (AvgIpc) is 2.34. The number of rotatable bonds is 2. The lowest BCUT2D eigenvalue weighted by Gasteiger charge is -2.07. The Morgan fingerprint density at radius 2 is 1.74 bits per heavy atom. The van der Waals surface area contributed by atoms with Gasteiger partial charge in [0, 0.05) is 22.8 Å². The van der Waals surface area contributed by atoms with Crippen molar-refractivity contribution in [2.45, 2.75) is 0 Å². The van der Waals surface area contributed by atoms with Gasteiger partial charge in [-0.05, 0) is 12.1 Å². The number of pyridine rings is 1. The molecule has 8 heteroatoms. The lowest BCUT2D eigenvalue weighted by atomic mass is 10.1. The van der Waals surface area contributed by atoms with E-state index < -0.39 is 4.92 Å². The van der Waals surface area contributed by atoms with Crippen molar-refractivity contribution in [2.24, 2.45) is 0 Å². The SMILES string of the molecule is O=[N+]([O-])c1cc(Cl)cnc1-c1cc(Cl)cc(Cl)c1Cl. The monoisotopic (exact) mass is 336 g/mol. The van der Waals surface area contributed by atoms with Crippen LogP contribution in [0.5, 0.6) is 0 Å². The van der Waals surface area contributed by atoms with Gasteiger partial charge in [0.2, 0.25) is 0 Å². The highest BCUT2D eigenvalue weighted by molar-refractivity contribution is 6.45. The van der Waals surface area contributed by atoms with E-state index in [2.05, 4.69) is 4.98 Å². The summed E-state index contributed by atoms with van der Waals surface area (Å²) in [6.07, 6.45) is 1.29. The molecule has 0 amide bonds. The van der Waals surface area contributed by atoms with E-state index in [9.17, 15) is 10.1 Å². The van der Waals surface area contributed by atoms with Crippen LogP contribution in [0, 0.1) is 10.1 Å². The van der Waals surface area contributed by atoms with Crippen LogP contribution in [0.2, 0.25) is 20.1 Å². The van der Waals surface area contributed by atoms with Crippen molar-refractivity contribution in [2.75, 3.05) is 0 Å². The molecule has 1 heterocycles. The standard InChI is InChI=1S/C11H4Cl4N2O2/c12-5-1-7(10(15)8(14)2-5)11-9(17(18)19)3-6(13)4-16-11/h1-4H. The third kappa shape index (κ3) is 2.92. The van der Waals surface area contributed by atoms with Crippen LogP contribution in [-0.2, 0) is 0 Å². The molecule has 0 N–H and O–H groups in total. The molecule has 19 heavy (non-hydrogen) atoms. The van der Waals surface area contributed by atoms with Gasteiger partial charge in [-0.25, -0.2) is 4.98 Å². The summed E-state index contributed by atoms with van der Waals surface area (Å²) in [5.74, 6) is 0. The zero-order chi connectivity index (χ0) is 14.2. The maximum Gasteiger partial charge on any atom is 0.297 e. The molecular formula is C11H4Cl4N2O2. The van der Waals surface area contributed by atoms with Crippen molar-refractivity contribution in [3.05, 3.63) is 54.6 Å². The molecule has 1 aromatic heterocycles. The summed E-state index contributed by atoms with van der Waals surface area (Å²) in [5, 5.41) is 11.8. The van der Waals surface area contributed by atoms with Gasteiger partial charge in [-0.3, -0.25) is 10.1 Å². The van der Waals surface area contributed by atoms with E-state index in [0.717, 1.165) is 0 Å². The van der Waals surface area contributed by atoms with E-state index in [1.54, 1.807) is 0 Å². The van der Waals surface area contributed by atoms with Gasteiger partial charge in [0.05, 0.1) is 20.0 Å². The maximum atomic E-state index is 11.0. The number of hydrogen-bond donors (Lipinski definition) is 0. The van der Waals surface area contributed by atoms with Gasteiger partial charge in [0.25, 0.3) is 5.69 Å². The van der Waals surface area contributed by atoms with Crippen LogP contribution in [0.4, 0.5) is 5.69 Å². The van der Waals surface area contributed by atoms with Crippen LogP contribution in [0.25, 0.3) is 11.3 Å². The summed E-state index contributed by atoms with van der Waals surface area (Å²) in [4.78, 5) is 14.4. The molecule has 0 bridgehead atoms. The molecule has 0 spiro atoms. The summed E-state index contributed by atoms with van der Waals surface area (Å²) >= 11 is 23.5. The quantitative estimate of drug-likeness (QED) is 0.426. The lowest BCUT2D eigenvalue weighted by Crippen LogP contribution is -1.95. The van der Waals surface area contributed by atoms with E-state index in [1.807, 2.05) is 0 Å². The Morgan fingerprint density at radius 3 is 2.37 bits per heavy atom. The number of hydrogen-bond acceptors (Lipinski definition) is 3. The second-order valence-corrected chi connectivity index (χ2v) is 5.19.